The van der Waals surface area contributed by atoms with Crippen molar-refractivity contribution in [2.24, 2.45) is 0 Å². The Morgan fingerprint density at radius 1 is 1.41 bits per heavy atom. The van der Waals surface area contributed by atoms with Crippen LogP contribution in [0.4, 0.5) is 5.69 Å². The van der Waals surface area contributed by atoms with Gasteiger partial charge in [0.05, 0.1) is 13.2 Å². The summed E-state index contributed by atoms with van der Waals surface area (Å²) in [5, 5.41) is 8.18. The molecule has 0 bridgehead atoms. The molecule has 1 aromatic heterocycles. The van der Waals surface area contributed by atoms with E-state index in [2.05, 4.69) is 15.1 Å². The standard InChI is InChI=1S/C11H16ClN3O2/c1-2-17-11-9(8-10(12)13-14-11)15-4-3-6-16-7-5-15/h8H,2-7H2,1H3. The monoisotopic (exact) mass is 257 g/mol. The minimum absolute atomic E-state index is 0.383. The van der Waals surface area contributed by atoms with Gasteiger partial charge in [0.2, 0.25) is 0 Å². The molecule has 5 nitrogen and oxygen atoms in total. The molecule has 0 atom stereocenters. The molecule has 1 aliphatic rings. The highest BCUT2D eigenvalue weighted by molar-refractivity contribution is 6.29. The number of rotatable bonds is 3. The fourth-order valence-electron chi connectivity index (χ4n) is 1.80. The van der Waals surface area contributed by atoms with Crippen molar-refractivity contribution in [3.05, 3.63) is 11.2 Å². The van der Waals surface area contributed by atoms with Gasteiger partial charge in [-0.2, -0.15) is 0 Å². The summed E-state index contributed by atoms with van der Waals surface area (Å²) in [5.74, 6) is 0.541. The number of nitrogens with zero attached hydrogens (tertiary/aromatic N) is 3. The molecule has 1 aromatic rings. The van der Waals surface area contributed by atoms with E-state index in [1.807, 2.05) is 6.92 Å². The molecule has 2 heterocycles. The van der Waals surface area contributed by atoms with Gasteiger partial charge in [0, 0.05) is 25.8 Å². The van der Waals surface area contributed by atoms with Crippen molar-refractivity contribution in [1.82, 2.24) is 10.2 Å². The summed E-state index contributed by atoms with van der Waals surface area (Å²) < 4.78 is 10.9. The molecule has 1 aliphatic heterocycles. The van der Waals surface area contributed by atoms with E-state index >= 15 is 0 Å². The second-order valence-corrected chi connectivity index (χ2v) is 4.13. The van der Waals surface area contributed by atoms with Crippen LogP contribution in [0.15, 0.2) is 6.07 Å². The molecule has 0 saturated carbocycles. The molecule has 1 saturated heterocycles. The normalized spacial score (nSPS) is 16.7. The van der Waals surface area contributed by atoms with Crippen LogP contribution in [-0.2, 0) is 4.74 Å². The lowest BCUT2D eigenvalue weighted by Crippen LogP contribution is -2.26. The first-order chi connectivity index (χ1) is 8.31. The van der Waals surface area contributed by atoms with Gasteiger partial charge in [0.1, 0.15) is 5.69 Å². The summed E-state index contributed by atoms with van der Waals surface area (Å²) in [4.78, 5) is 2.18. The predicted octanol–water partition coefficient (Wildman–Crippen LogP) is 1.76. The van der Waals surface area contributed by atoms with Gasteiger partial charge in [-0.15, -0.1) is 10.2 Å². The second kappa shape index (κ2) is 6.02. The fourth-order valence-corrected chi connectivity index (χ4v) is 1.94. The third-order valence-corrected chi connectivity index (χ3v) is 2.74. The Labute approximate surface area is 106 Å². The maximum absolute atomic E-state index is 5.89. The SMILES string of the molecule is CCOc1nnc(Cl)cc1N1CCCOCC1. The highest BCUT2D eigenvalue weighted by Crippen LogP contribution is 2.28. The first-order valence-electron chi connectivity index (χ1n) is 5.80. The van der Waals surface area contributed by atoms with Crippen molar-refractivity contribution in [3.8, 4) is 5.88 Å². The van der Waals surface area contributed by atoms with Gasteiger partial charge in [-0.05, 0) is 13.3 Å². The van der Waals surface area contributed by atoms with Gasteiger partial charge in [0.15, 0.2) is 5.15 Å². The quantitative estimate of drug-likeness (QED) is 0.826. The smallest absolute Gasteiger partial charge is 0.257 e. The Bertz CT molecular complexity index is 368. The number of anilines is 1. The topological polar surface area (TPSA) is 47.5 Å². The van der Waals surface area contributed by atoms with Crippen molar-refractivity contribution < 1.29 is 9.47 Å². The Morgan fingerprint density at radius 2 is 2.29 bits per heavy atom. The van der Waals surface area contributed by atoms with E-state index in [-0.39, 0.29) is 0 Å². The van der Waals surface area contributed by atoms with Crippen molar-refractivity contribution in [1.29, 1.82) is 0 Å². The van der Waals surface area contributed by atoms with Gasteiger partial charge in [-0.25, -0.2) is 0 Å². The Balaban J connectivity index is 2.23. The van der Waals surface area contributed by atoms with E-state index in [1.54, 1.807) is 6.07 Å². The van der Waals surface area contributed by atoms with E-state index in [0.717, 1.165) is 31.8 Å². The second-order valence-electron chi connectivity index (χ2n) is 3.74. The van der Waals surface area contributed by atoms with Crippen molar-refractivity contribution in [3.63, 3.8) is 0 Å². The number of halogens is 1. The maximum atomic E-state index is 5.89. The lowest BCUT2D eigenvalue weighted by atomic mass is 10.3. The van der Waals surface area contributed by atoms with Crippen molar-refractivity contribution >= 4 is 17.3 Å². The van der Waals surface area contributed by atoms with Crippen LogP contribution in [0.3, 0.4) is 0 Å². The summed E-state index contributed by atoms with van der Waals surface area (Å²) in [7, 11) is 0. The van der Waals surface area contributed by atoms with E-state index < -0.39 is 0 Å². The molecular formula is C11H16ClN3O2. The molecule has 0 unspecified atom stereocenters. The molecule has 1 fully saturated rings. The zero-order chi connectivity index (χ0) is 12.1. The third kappa shape index (κ3) is 3.20. The zero-order valence-electron chi connectivity index (χ0n) is 9.86. The Morgan fingerprint density at radius 3 is 3.12 bits per heavy atom. The summed E-state index contributed by atoms with van der Waals surface area (Å²) in [6.07, 6.45) is 0.992. The van der Waals surface area contributed by atoms with Gasteiger partial charge >= 0.3 is 0 Å². The molecule has 94 valence electrons. The van der Waals surface area contributed by atoms with E-state index in [0.29, 0.717) is 24.2 Å². The molecule has 0 amide bonds. The molecule has 2 rings (SSSR count). The van der Waals surface area contributed by atoms with Gasteiger partial charge in [-0.1, -0.05) is 11.6 Å². The van der Waals surface area contributed by atoms with Crippen LogP contribution in [0.5, 0.6) is 5.88 Å². The van der Waals surface area contributed by atoms with Crippen LogP contribution >= 0.6 is 11.6 Å². The molecule has 0 aromatic carbocycles. The van der Waals surface area contributed by atoms with Crippen LogP contribution in [0.25, 0.3) is 0 Å². The van der Waals surface area contributed by atoms with Gasteiger partial charge in [0.25, 0.3) is 5.88 Å². The Kier molecular flexibility index (Phi) is 4.39. The number of ether oxygens (including phenoxy) is 2. The average molecular weight is 258 g/mol. The molecule has 0 aliphatic carbocycles. The van der Waals surface area contributed by atoms with Crippen LogP contribution in [-0.4, -0.2) is 43.1 Å². The summed E-state index contributed by atoms with van der Waals surface area (Å²) in [6.45, 7) is 5.74. The van der Waals surface area contributed by atoms with Crippen molar-refractivity contribution in [2.45, 2.75) is 13.3 Å². The van der Waals surface area contributed by atoms with E-state index in [4.69, 9.17) is 21.1 Å². The lowest BCUT2D eigenvalue weighted by molar-refractivity contribution is 0.152. The highest BCUT2D eigenvalue weighted by Gasteiger charge is 2.16. The molecule has 0 radical (unpaired) electrons. The fraction of sp³-hybridized carbons (Fsp3) is 0.636. The van der Waals surface area contributed by atoms with Crippen molar-refractivity contribution in [2.75, 3.05) is 37.8 Å². The minimum atomic E-state index is 0.383. The summed E-state index contributed by atoms with van der Waals surface area (Å²) in [6, 6.07) is 1.80. The third-order valence-electron chi connectivity index (χ3n) is 2.56. The van der Waals surface area contributed by atoms with Crippen LogP contribution in [0, 0.1) is 0 Å². The molecule has 6 heteroatoms. The van der Waals surface area contributed by atoms with Crippen LogP contribution in [0.1, 0.15) is 13.3 Å². The largest absolute Gasteiger partial charge is 0.475 e. The lowest BCUT2D eigenvalue weighted by Gasteiger charge is -2.23. The highest BCUT2D eigenvalue weighted by atomic mass is 35.5. The maximum Gasteiger partial charge on any atom is 0.257 e. The van der Waals surface area contributed by atoms with E-state index in [9.17, 15) is 0 Å². The van der Waals surface area contributed by atoms with Gasteiger partial charge < -0.3 is 14.4 Å². The first kappa shape index (κ1) is 12.4. The first-order valence-corrected chi connectivity index (χ1v) is 6.17. The molecule has 0 spiro atoms. The summed E-state index contributed by atoms with van der Waals surface area (Å²) >= 11 is 5.89. The van der Waals surface area contributed by atoms with Crippen LogP contribution < -0.4 is 9.64 Å². The average Bonchev–Trinajstić information content (AvgIpc) is 2.60. The molecular weight excluding hydrogens is 242 g/mol. The predicted molar refractivity (Wildman–Crippen MR) is 65.9 cm³/mol. The Hall–Kier alpha value is -1.07. The number of aromatic nitrogens is 2. The van der Waals surface area contributed by atoms with E-state index in [1.165, 1.54) is 0 Å². The number of hydrogen-bond acceptors (Lipinski definition) is 5. The van der Waals surface area contributed by atoms with Gasteiger partial charge in [-0.3, -0.25) is 0 Å². The number of hydrogen-bond donors (Lipinski definition) is 0. The molecule has 0 N–H and O–H groups in total. The minimum Gasteiger partial charge on any atom is -0.475 e. The summed E-state index contributed by atoms with van der Waals surface area (Å²) in [5.41, 5.74) is 0.900. The zero-order valence-corrected chi connectivity index (χ0v) is 10.6. The molecule has 17 heavy (non-hydrogen) atoms. The van der Waals surface area contributed by atoms with Crippen LogP contribution in [0.2, 0.25) is 5.15 Å².